The molecule has 0 saturated carbocycles. The molecule has 1 aliphatic heterocycles. The van der Waals surface area contributed by atoms with Gasteiger partial charge < -0.3 is 10.5 Å². The lowest BCUT2D eigenvalue weighted by Crippen LogP contribution is -2.24. The van der Waals surface area contributed by atoms with Crippen LogP contribution in [0.3, 0.4) is 0 Å². The van der Waals surface area contributed by atoms with Crippen LogP contribution in [-0.2, 0) is 0 Å². The molecule has 1 aromatic carbocycles. The van der Waals surface area contributed by atoms with Crippen LogP contribution in [0.25, 0.3) is 0 Å². The Morgan fingerprint density at radius 2 is 2.35 bits per heavy atom. The normalized spacial score (nSPS) is 22.9. The molecule has 0 amide bonds. The van der Waals surface area contributed by atoms with Gasteiger partial charge in [-0.15, -0.1) is 11.3 Å². The fourth-order valence-corrected chi connectivity index (χ4v) is 2.85. The highest BCUT2D eigenvalue weighted by atomic mass is 32.1. The summed E-state index contributed by atoms with van der Waals surface area (Å²) in [7, 11) is 0. The number of aromatic nitrogens is 1. The van der Waals surface area contributed by atoms with Crippen LogP contribution in [0.15, 0.2) is 29.8 Å². The molecular formula is C13H14N2OS. The number of nitrogens with two attached hydrogens (primary N) is 1. The first-order chi connectivity index (χ1) is 8.24. The summed E-state index contributed by atoms with van der Waals surface area (Å²) in [6.45, 7) is 2.07. The van der Waals surface area contributed by atoms with Crippen LogP contribution in [0.4, 0.5) is 0 Å². The predicted octanol–water partition coefficient (Wildman–Crippen LogP) is 2.98. The minimum Gasteiger partial charge on any atom is -0.483 e. The van der Waals surface area contributed by atoms with Crippen LogP contribution in [0, 0.1) is 6.92 Å². The molecule has 3 nitrogen and oxygen atoms in total. The third-order valence-corrected chi connectivity index (χ3v) is 3.90. The summed E-state index contributed by atoms with van der Waals surface area (Å²) in [5.41, 5.74) is 8.54. The number of hydrogen-bond donors (Lipinski definition) is 1. The topological polar surface area (TPSA) is 48.1 Å². The Balaban J connectivity index is 1.96. The number of thiazole rings is 1. The van der Waals surface area contributed by atoms with E-state index in [-0.39, 0.29) is 12.1 Å². The van der Waals surface area contributed by atoms with Gasteiger partial charge in [0.05, 0.1) is 0 Å². The van der Waals surface area contributed by atoms with Crippen molar-refractivity contribution in [3.8, 4) is 5.75 Å². The quantitative estimate of drug-likeness (QED) is 0.841. The van der Waals surface area contributed by atoms with Crippen LogP contribution in [0.2, 0.25) is 0 Å². The Morgan fingerprint density at radius 3 is 3.12 bits per heavy atom. The first-order valence-corrected chi connectivity index (χ1v) is 6.54. The third-order valence-electron chi connectivity index (χ3n) is 3.03. The minimum atomic E-state index is 0.000191. The number of ether oxygens (including phenoxy) is 1. The van der Waals surface area contributed by atoms with Crippen molar-refractivity contribution in [1.82, 2.24) is 4.98 Å². The van der Waals surface area contributed by atoms with Gasteiger partial charge in [-0.2, -0.15) is 0 Å². The SMILES string of the molecule is Cc1ccc2c(c1)[C@H](N)CC(c1nccs1)O2. The second-order valence-electron chi connectivity index (χ2n) is 4.36. The molecule has 0 fully saturated rings. The lowest BCUT2D eigenvalue weighted by atomic mass is 9.96. The van der Waals surface area contributed by atoms with Gasteiger partial charge in [-0.3, -0.25) is 0 Å². The lowest BCUT2D eigenvalue weighted by Gasteiger charge is -2.29. The van der Waals surface area contributed by atoms with Crippen molar-refractivity contribution < 1.29 is 4.74 Å². The minimum absolute atomic E-state index is 0.000191. The molecule has 0 spiro atoms. The maximum atomic E-state index is 6.21. The van der Waals surface area contributed by atoms with Crippen molar-refractivity contribution >= 4 is 11.3 Å². The van der Waals surface area contributed by atoms with Gasteiger partial charge in [-0.1, -0.05) is 17.7 Å². The van der Waals surface area contributed by atoms with E-state index in [0.29, 0.717) is 0 Å². The maximum absolute atomic E-state index is 6.21. The van der Waals surface area contributed by atoms with Gasteiger partial charge in [0.2, 0.25) is 0 Å². The number of rotatable bonds is 1. The van der Waals surface area contributed by atoms with Crippen LogP contribution < -0.4 is 10.5 Å². The lowest BCUT2D eigenvalue weighted by molar-refractivity contribution is 0.161. The number of nitrogens with zero attached hydrogens (tertiary/aromatic N) is 1. The van der Waals surface area contributed by atoms with E-state index < -0.39 is 0 Å². The second kappa shape index (κ2) is 4.13. The van der Waals surface area contributed by atoms with Crippen molar-refractivity contribution in [2.24, 2.45) is 5.73 Å². The summed E-state index contributed by atoms with van der Waals surface area (Å²) in [4.78, 5) is 4.30. The maximum Gasteiger partial charge on any atom is 0.152 e. The molecule has 0 bridgehead atoms. The molecule has 0 aliphatic carbocycles. The van der Waals surface area contributed by atoms with E-state index in [2.05, 4.69) is 24.0 Å². The number of hydrogen-bond acceptors (Lipinski definition) is 4. The first kappa shape index (κ1) is 10.7. The third kappa shape index (κ3) is 1.94. The highest BCUT2D eigenvalue weighted by Gasteiger charge is 2.28. The van der Waals surface area contributed by atoms with Crippen molar-refractivity contribution in [3.05, 3.63) is 45.9 Å². The zero-order chi connectivity index (χ0) is 11.8. The summed E-state index contributed by atoms with van der Waals surface area (Å²) in [6.07, 6.45) is 2.60. The largest absolute Gasteiger partial charge is 0.483 e. The van der Waals surface area contributed by atoms with E-state index >= 15 is 0 Å². The predicted molar refractivity (Wildman–Crippen MR) is 68.2 cm³/mol. The molecule has 3 rings (SSSR count). The van der Waals surface area contributed by atoms with E-state index in [4.69, 9.17) is 10.5 Å². The molecule has 1 unspecified atom stereocenters. The van der Waals surface area contributed by atoms with E-state index in [0.717, 1.165) is 22.7 Å². The summed E-state index contributed by atoms with van der Waals surface area (Å²) in [5.74, 6) is 0.898. The zero-order valence-electron chi connectivity index (χ0n) is 9.59. The number of aryl methyl sites for hydroxylation is 1. The molecule has 1 aliphatic rings. The summed E-state index contributed by atoms with van der Waals surface area (Å²) < 4.78 is 5.97. The standard InChI is InChI=1S/C13H14N2OS/c1-8-2-3-11-9(6-8)10(14)7-12(16-11)13-15-4-5-17-13/h2-6,10,12H,7,14H2,1H3/t10-,12?/m1/s1. The van der Waals surface area contributed by atoms with E-state index in [1.54, 1.807) is 17.5 Å². The molecule has 17 heavy (non-hydrogen) atoms. The Morgan fingerprint density at radius 1 is 1.47 bits per heavy atom. The van der Waals surface area contributed by atoms with E-state index in [9.17, 15) is 0 Å². The smallest absolute Gasteiger partial charge is 0.152 e. The summed E-state index contributed by atoms with van der Waals surface area (Å²) in [5, 5.41) is 2.97. The molecule has 0 saturated heterocycles. The molecule has 4 heteroatoms. The van der Waals surface area contributed by atoms with Crippen molar-refractivity contribution in [2.75, 3.05) is 0 Å². The summed E-state index contributed by atoms with van der Waals surface area (Å²) in [6, 6.07) is 6.20. The molecule has 2 aromatic rings. The zero-order valence-corrected chi connectivity index (χ0v) is 10.4. The molecule has 1 aromatic heterocycles. The van der Waals surface area contributed by atoms with Gasteiger partial charge in [0, 0.05) is 29.6 Å². The van der Waals surface area contributed by atoms with Crippen molar-refractivity contribution in [3.63, 3.8) is 0 Å². The van der Waals surface area contributed by atoms with Crippen molar-refractivity contribution in [2.45, 2.75) is 25.5 Å². The van der Waals surface area contributed by atoms with Gasteiger partial charge in [-0.05, 0) is 13.0 Å². The number of benzene rings is 1. The fraction of sp³-hybridized carbons (Fsp3) is 0.308. The van der Waals surface area contributed by atoms with Gasteiger partial charge in [0.25, 0.3) is 0 Å². The molecule has 0 radical (unpaired) electrons. The Hall–Kier alpha value is -1.39. The van der Waals surface area contributed by atoms with Crippen LogP contribution >= 0.6 is 11.3 Å². The second-order valence-corrected chi connectivity index (χ2v) is 5.29. The Kier molecular flexibility index (Phi) is 2.61. The Labute approximate surface area is 104 Å². The Bertz CT molecular complexity index is 524. The average Bonchev–Trinajstić information content (AvgIpc) is 2.83. The van der Waals surface area contributed by atoms with Crippen LogP contribution in [0.5, 0.6) is 5.75 Å². The molecule has 2 atom stereocenters. The summed E-state index contributed by atoms with van der Waals surface area (Å²) >= 11 is 1.62. The average molecular weight is 246 g/mol. The van der Waals surface area contributed by atoms with Gasteiger partial charge >= 0.3 is 0 Å². The number of fused-ring (bicyclic) bond motifs is 1. The monoisotopic (exact) mass is 246 g/mol. The van der Waals surface area contributed by atoms with Gasteiger partial charge in [0.15, 0.2) is 6.10 Å². The van der Waals surface area contributed by atoms with Gasteiger partial charge in [0.1, 0.15) is 10.8 Å². The molecule has 2 heterocycles. The molecular weight excluding hydrogens is 232 g/mol. The van der Waals surface area contributed by atoms with Crippen LogP contribution in [-0.4, -0.2) is 4.98 Å². The fourth-order valence-electron chi connectivity index (χ4n) is 2.17. The molecule has 2 N–H and O–H groups in total. The highest BCUT2D eigenvalue weighted by Crippen LogP contribution is 2.40. The van der Waals surface area contributed by atoms with Crippen molar-refractivity contribution in [1.29, 1.82) is 0 Å². The van der Waals surface area contributed by atoms with E-state index in [1.807, 2.05) is 11.4 Å². The van der Waals surface area contributed by atoms with Gasteiger partial charge in [-0.25, -0.2) is 4.98 Å². The first-order valence-electron chi connectivity index (χ1n) is 5.66. The highest BCUT2D eigenvalue weighted by molar-refractivity contribution is 7.09. The van der Waals surface area contributed by atoms with E-state index in [1.165, 1.54) is 5.56 Å². The molecule has 88 valence electrons. The van der Waals surface area contributed by atoms with Crippen LogP contribution in [0.1, 0.15) is 34.7 Å².